The Kier molecular flexibility index (Phi) is 5.01. The summed E-state index contributed by atoms with van der Waals surface area (Å²) in [4.78, 5) is 16.7. The zero-order chi connectivity index (χ0) is 15.4. The van der Waals surface area contributed by atoms with Crippen molar-refractivity contribution in [1.82, 2.24) is 9.80 Å². The van der Waals surface area contributed by atoms with E-state index in [-0.39, 0.29) is 5.91 Å². The molecule has 1 amide bonds. The molecule has 0 atom stereocenters. The fraction of sp³-hybridized carbons (Fsp3) is 0.471. The zero-order valence-corrected chi connectivity index (χ0v) is 13.4. The van der Waals surface area contributed by atoms with Crippen LogP contribution in [0.4, 0.5) is 0 Å². The Morgan fingerprint density at radius 3 is 2.73 bits per heavy atom. The first-order valence-corrected chi connectivity index (χ1v) is 8.17. The number of hydrogen-bond acceptors (Lipinski definition) is 3. The molecule has 0 radical (unpaired) electrons. The van der Waals surface area contributed by atoms with Crippen molar-refractivity contribution >= 4 is 17.5 Å². The summed E-state index contributed by atoms with van der Waals surface area (Å²) in [5, 5.41) is 0.774. The number of amides is 1. The van der Waals surface area contributed by atoms with Gasteiger partial charge in [0.1, 0.15) is 0 Å². The van der Waals surface area contributed by atoms with E-state index in [1.807, 2.05) is 23.1 Å². The van der Waals surface area contributed by atoms with Crippen LogP contribution in [0.5, 0.6) is 0 Å². The predicted molar refractivity (Wildman–Crippen MR) is 86.6 cm³/mol. The zero-order valence-electron chi connectivity index (χ0n) is 12.6. The van der Waals surface area contributed by atoms with Gasteiger partial charge in [-0.05, 0) is 30.5 Å². The molecule has 0 spiro atoms. The summed E-state index contributed by atoms with van der Waals surface area (Å²) in [5.74, 6) is 0.141. The molecule has 2 aliphatic rings. The number of hydrogen-bond donors (Lipinski definition) is 0. The highest BCUT2D eigenvalue weighted by Gasteiger charge is 2.24. The molecule has 4 nitrogen and oxygen atoms in total. The van der Waals surface area contributed by atoms with Crippen molar-refractivity contribution in [3.8, 4) is 0 Å². The van der Waals surface area contributed by atoms with Crippen LogP contribution in [-0.4, -0.2) is 48.5 Å². The molecule has 3 rings (SSSR count). The van der Waals surface area contributed by atoms with Crippen molar-refractivity contribution in [3.63, 3.8) is 0 Å². The number of carbonyl (C=O) groups is 1. The van der Waals surface area contributed by atoms with Crippen LogP contribution in [-0.2, 0) is 16.1 Å². The summed E-state index contributed by atoms with van der Waals surface area (Å²) in [6.45, 7) is 4.95. The molecule has 2 aliphatic heterocycles. The Morgan fingerprint density at radius 1 is 1.23 bits per heavy atom. The number of halogens is 1. The molecule has 0 aliphatic carbocycles. The fourth-order valence-electron chi connectivity index (χ4n) is 2.93. The normalized spacial score (nSPS) is 19.5. The van der Waals surface area contributed by atoms with Crippen LogP contribution >= 0.6 is 11.6 Å². The number of ether oxygens (including phenoxy) is 1. The summed E-state index contributed by atoms with van der Waals surface area (Å²) in [5.41, 5.74) is 2.03. The van der Waals surface area contributed by atoms with Gasteiger partial charge in [0.05, 0.1) is 18.4 Å². The molecule has 0 saturated carbocycles. The third-order valence-corrected chi connectivity index (χ3v) is 4.40. The van der Waals surface area contributed by atoms with Gasteiger partial charge in [-0.1, -0.05) is 23.7 Å². The minimum absolute atomic E-state index is 0.141. The number of piperazine rings is 1. The van der Waals surface area contributed by atoms with Crippen LogP contribution in [0.25, 0.3) is 0 Å². The van der Waals surface area contributed by atoms with Gasteiger partial charge in [-0.15, -0.1) is 0 Å². The second-order valence-corrected chi connectivity index (χ2v) is 6.25. The Labute approximate surface area is 136 Å². The molecule has 0 bridgehead atoms. The number of benzene rings is 1. The van der Waals surface area contributed by atoms with Crippen LogP contribution in [0.15, 0.2) is 36.1 Å². The van der Waals surface area contributed by atoms with Gasteiger partial charge in [-0.3, -0.25) is 9.69 Å². The Hall–Kier alpha value is -1.52. The SMILES string of the molecule is O=C(C1=COCCC1)N1CCN(Cc2cccc(Cl)c2)CC1. The lowest BCUT2D eigenvalue weighted by Crippen LogP contribution is -2.48. The van der Waals surface area contributed by atoms with Crippen molar-refractivity contribution in [1.29, 1.82) is 0 Å². The van der Waals surface area contributed by atoms with E-state index < -0.39 is 0 Å². The van der Waals surface area contributed by atoms with Crippen molar-refractivity contribution in [2.75, 3.05) is 32.8 Å². The van der Waals surface area contributed by atoms with Gasteiger partial charge in [-0.2, -0.15) is 0 Å². The molecular weight excluding hydrogens is 300 g/mol. The molecule has 0 aromatic heterocycles. The molecule has 2 heterocycles. The molecule has 1 fully saturated rings. The van der Waals surface area contributed by atoms with Gasteiger partial charge in [0.25, 0.3) is 5.91 Å². The summed E-state index contributed by atoms with van der Waals surface area (Å²) in [7, 11) is 0. The molecule has 1 aromatic carbocycles. The molecular formula is C17H21ClN2O2. The van der Waals surface area contributed by atoms with Gasteiger partial charge in [0.2, 0.25) is 0 Å². The van der Waals surface area contributed by atoms with Crippen LogP contribution < -0.4 is 0 Å². The number of carbonyl (C=O) groups excluding carboxylic acids is 1. The van der Waals surface area contributed by atoms with E-state index in [0.29, 0.717) is 0 Å². The Morgan fingerprint density at radius 2 is 2.05 bits per heavy atom. The first-order valence-electron chi connectivity index (χ1n) is 7.79. The molecule has 0 unspecified atom stereocenters. The summed E-state index contributed by atoms with van der Waals surface area (Å²) >= 11 is 6.02. The number of rotatable bonds is 3. The minimum Gasteiger partial charge on any atom is -0.501 e. The van der Waals surface area contributed by atoms with E-state index >= 15 is 0 Å². The highest BCUT2D eigenvalue weighted by atomic mass is 35.5. The first kappa shape index (κ1) is 15.4. The topological polar surface area (TPSA) is 32.8 Å². The summed E-state index contributed by atoms with van der Waals surface area (Å²) in [6, 6.07) is 7.96. The maximum atomic E-state index is 12.4. The average Bonchev–Trinajstić information content (AvgIpc) is 2.56. The van der Waals surface area contributed by atoms with E-state index in [1.54, 1.807) is 6.26 Å². The second-order valence-electron chi connectivity index (χ2n) is 5.82. The fourth-order valence-corrected chi connectivity index (χ4v) is 3.14. The monoisotopic (exact) mass is 320 g/mol. The van der Waals surface area contributed by atoms with Crippen molar-refractivity contribution in [2.45, 2.75) is 19.4 Å². The van der Waals surface area contributed by atoms with E-state index in [2.05, 4.69) is 11.0 Å². The predicted octanol–water partition coefficient (Wildman–Crippen LogP) is 2.68. The summed E-state index contributed by atoms with van der Waals surface area (Å²) in [6.07, 6.45) is 3.41. The van der Waals surface area contributed by atoms with Crippen LogP contribution in [0.3, 0.4) is 0 Å². The van der Waals surface area contributed by atoms with Crippen LogP contribution in [0.2, 0.25) is 5.02 Å². The van der Waals surface area contributed by atoms with E-state index in [4.69, 9.17) is 16.3 Å². The van der Waals surface area contributed by atoms with Crippen LogP contribution in [0.1, 0.15) is 18.4 Å². The standard InChI is InChI=1S/C17H21ClN2O2/c18-16-5-1-3-14(11-16)12-19-6-8-20(9-7-19)17(21)15-4-2-10-22-13-15/h1,3,5,11,13H,2,4,6-10,12H2. The maximum absolute atomic E-state index is 12.4. The average molecular weight is 321 g/mol. The third kappa shape index (κ3) is 3.81. The second kappa shape index (κ2) is 7.16. The molecule has 5 heteroatoms. The summed E-state index contributed by atoms with van der Waals surface area (Å²) < 4.78 is 5.27. The smallest absolute Gasteiger partial charge is 0.252 e. The third-order valence-electron chi connectivity index (χ3n) is 4.16. The number of nitrogens with zero attached hydrogens (tertiary/aromatic N) is 2. The quantitative estimate of drug-likeness (QED) is 0.858. The lowest BCUT2D eigenvalue weighted by Gasteiger charge is -2.35. The largest absolute Gasteiger partial charge is 0.501 e. The van der Waals surface area contributed by atoms with Gasteiger partial charge < -0.3 is 9.64 Å². The molecule has 1 saturated heterocycles. The van der Waals surface area contributed by atoms with E-state index in [9.17, 15) is 4.79 Å². The molecule has 118 valence electrons. The van der Waals surface area contributed by atoms with Crippen molar-refractivity contribution < 1.29 is 9.53 Å². The molecule has 0 N–H and O–H groups in total. The maximum Gasteiger partial charge on any atom is 0.252 e. The van der Waals surface area contributed by atoms with E-state index in [0.717, 1.165) is 62.8 Å². The highest BCUT2D eigenvalue weighted by Crippen LogP contribution is 2.17. The minimum atomic E-state index is 0.141. The Bertz CT molecular complexity index is 566. The first-order chi connectivity index (χ1) is 10.7. The Balaban J connectivity index is 1.52. The van der Waals surface area contributed by atoms with Gasteiger partial charge in [0, 0.05) is 37.7 Å². The van der Waals surface area contributed by atoms with E-state index in [1.165, 1.54) is 5.56 Å². The lowest BCUT2D eigenvalue weighted by atomic mass is 10.1. The van der Waals surface area contributed by atoms with Gasteiger partial charge in [-0.25, -0.2) is 0 Å². The highest BCUT2D eigenvalue weighted by molar-refractivity contribution is 6.30. The van der Waals surface area contributed by atoms with Gasteiger partial charge in [0.15, 0.2) is 0 Å². The van der Waals surface area contributed by atoms with Crippen molar-refractivity contribution in [2.24, 2.45) is 0 Å². The van der Waals surface area contributed by atoms with Crippen molar-refractivity contribution in [3.05, 3.63) is 46.7 Å². The molecule has 22 heavy (non-hydrogen) atoms. The lowest BCUT2D eigenvalue weighted by molar-refractivity contribution is -0.129. The van der Waals surface area contributed by atoms with Crippen LogP contribution in [0, 0.1) is 0 Å². The van der Waals surface area contributed by atoms with Gasteiger partial charge >= 0.3 is 0 Å². The molecule has 1 aromatic rings.